The molecule has 0 amide bonds. The van der Waals surface area contributed by atoms with Gasteiger partial charge < -0.3 is 4.90 Å². The zero-order valence-electron chi connectivity index (χ0n) is 12.6. The summed E-state index contributed by atoms with van der Waals surface area (Å²) in [6.07, 6.45) is 5.34. The summed E-state index contributed by atoms with van der Waals surface area (Å²) in [5.74, 6) is 0. The Morgan fingerprint density at radius 2 is 2.00 bits per heavy atom. The van der Waals surface area contributed by atoms with E-state index in [1.165, 1.54) is 11.8 Å². The zero-order chi connectivity index (χ0) is 16.2. The third-order valence-electron chi connectivity index (χ3n) is 3.48. The van der Waals surface area contributed by atoms with Gasteiger partial charge in [-0.15, -0.1) is 0 Å². The molecule has 0 saturated heterocycles. The molecule has 1 aromatic carbocycles. The van der Waals surface area contributed by atoms with Gasteiger partial charge in [0.1, 0.15) is 5.02 Å². The largest absolute Gasteiger partial charge is 0.367 e. The summed E-state index contributed by atoms with van der Waals surface area (Å²) in [5, 5.41) is 10.6. The first-order valence-electron chi connectivity index (χ1n) is 7.13. The molecule has 0 fully saturated rings. The van der Waals surface area contributed by atoms with E-state index in [9.17, 15) is 4.79 Å². The van der Waals surface area contributed by atoms with Gasteiger partial charge in [0.2, 0.25) is 0 Å². The average molecular weight is 330 g/mol. The third kappa shape index (κ3) is 3.60. The minimum atomic E-state index is -0.393. The minimum absolute atomic E-state index is 0.138. The van der Waals surface area contributed by atoms with E-state index in [2.05, 4.69) is 27.4 Å². The molecule has 2 heterocycles. The number of anilines is 1. The van der Waals surface area contributed by atoms with Crippen molar-refractivity contribution in [2.45, 2.75) is 13.1 Å². The Hall–Kier alpha value is -2.60. The van der Waals surface area contributed by atoms with Gasteiger partial charge in [-0.2, -0.15) is 10.2 Å². The normalized spacial score (nSPS) is 10.7. The maximum atomic E-state index is 11.5. The number of benzene rings is 1. The van der Waals surface area contributed by atoms with E-state index in [0.29, 0.717) is 12.2 Å². The van der Waals surface area contributed by atoms with Crippen LogP contribution in [0.5, 0.6) is 0 Å². The molecule has 0 spiro atoms. The molecule has 0 aliphatic rings. The fourth-order valence-electron chi connectivity index (χ4n) is 2.34. The standard InChI is InChI=1S/C16H16ClN5O/c1-21(14-8-18-20-16(23)15(14)17)9-13-7-19-22(11-13)10-12-5-3-2-4-6-12/h2-8,11H,9-10H2,1H3,(H,20,23). The molecule has 0 radical (unpaired) electrons. The Balaban J connectivity index is 1.71. The molecule has 0 bridgehead atoms. The Kier molecular flexibility index (Phi) is 4.43. The van der Waals surface area contributed by atoms with Crippen molar-refractivity contribution in [3.8, 4) is 0 Å². The zero-order valence-corrected chi connectivity index (χ0v) is 13.4. The number of rotatable bonds is 5. The molecule has 6 nitrogen and oxygen atoms in total. The van der Waals surface area contributed by atoms with Gasteiger partial charge in [-0.05, 0) is 5.56 Å². The van der Waals surface area contributed by atoms with Crippen molar-refractivity contribution in [1.82, 2.24) is 20.0 Å². The number of aromatic amines is 1. The van der Waals surface area contributed by atoms with Crippen LogP contribution in [0.15, 0.2) is 53.7 Å². The summed E-state index contributed by atoms with van der Waals surface area (Å²) in [6.45, 7) is 1.30. The molecule has 23 heavy (non-hydrogen) atoms. The topological polar surface area (TPSA) is 66.8 Å². The number of hydrogen-bond acceptors (Lipinski definition) is 4. The third-order valence-corrected chi connectivity index (χ3v) is 3.85. The van der Waals surface area contributed by atoms with Crippen LogP contribution in [0, 0.1) is 0 Å². The molecular weight excluding hydrogens is 314 g/mol. The van der Waals surface area contributed by atoms with Crippen molar-refractivity contribution >= 4 is 17.3 Å². The summed E-state index contributed by atoms with van der Waals surface area (Å²) in [7, 11) is 1.86. The second kappa shape index (κ2) is 6.66. The van der Waals surface area contributed by atoms with Gasteiger partial charge in [0.25, 0.3) is 5.56 Å². The number of halogens is 1. The molecule has 0 aliphatic carbocycles. The summed E-state index contributed by atoms with van der Waals surface area (Å²) < 4.78 is 1.89. The lowest BCUT2D eigenvalue weighted by Gasteiger charge is -2.18. The van der Waals surface area contributed by atoms with Crippen LogP contribution in [0.1, 0.15) is 11.1 Å². The van der Waals surface area contributed by atoms with Crippen molar-refractivity contribution in [2.24, 2.45) is 0 Å². The number of hydrogen-bond donors (Lipinski definition) is 1. The van der Waals surface area contributed by atoms with E-state index in [0.717, 1.165) is 12.1 Å². The van der Waals surface area contributed by atoms with Crippen molar-refractivity contribution in [2.75, 3.05) is 11.9 Å². The Morgan fingerprint density at radius 1 is 1.22 bits per heavy atom. The Labute approximate surface area is 138 Å². The predicted molar refractivity (Wildman–Crippen MR) is 89.7 cm³/mol. The van der Waals surface area contributed by atoms with Gasteiger partial charge in [0, 0.05) is 25.4 Å². The van der Waals surface area contributed by atoms with Crippen LogP contribution in [0.3, 0.4) is 0 Å². The fraction of sp³-hybridized carbons (Fsp3) is 0.188. The van der Waals surface area contributed by atoms with E-state index < -0.39 is 5.56 Å². The van der Waals surface area contributed by atoms with Gasteiger partial charge in [-0.1, -0.05) is 41.9 Å². The Bertz CT molecular complexity index is 843. The van der Waals surface area contributed by atoms with Gasteiger partial charge in [-0.25, -0.2) is 5.10 Å². The van der Waals surface area contributed by atoms with Gasteiger partial charge in [0.05, 0.1) is 24.6 Å². The number of nitrogens with one attached hydrogen (secondary N) is 1. The van der Waals surface area contributed by atoms with Crippen LogP contribution in [0.25, 0.3) is 0 Å². The lowest BCUT2D eigenvalue weighted by Crippen LogP contribution is -2.20. The summed E-state index contributed by atoms with van der Waals surface area (Å²) >= 11 is 6.02. The molecule has 3 aromatic rings. The predicted octanol–water partition coefficient (Wildman–Crippen LogP) is 2.30. The van der Waals surface area contributed by atoms with Gasteiger partial charge >= 0.3 is 0 Å². The first-order chi connectivity index (χ1) is 11.1. The van der Waals surface area contributed by atoms with Crippen LogP contribution in [-0.2, 0) is 13.1 Å². The lowest BCUT2D eigenvalue weighted by atomic mass is 10.2. The first-order valence-corrected chi connectivity index (χ1v) is 7.51. The summed E-state index contributed by atoms with van der Waals surface area (Å²) in [4.78, 5) is 13.4. The number of H-pyrrole nitrogens is 1. The van der Waals surface area contributed by atoms with Crippen molar-refractivity contribution in [3.05, 3.63) is 75.4 Å². The second-order valence-corrected chi connectivity index (χ2v) is 5.66. The number of nitrogens with zero attached hydrogens (tertiary/aromatic N) is 4. The van der Waals surface area contributed by atoms with E-state index in [4.69, 9.17) is 11.6 Å². The van der Waals surface area contributed by atoms with Crippen LogP contribution in [0.4, 0.5) is 5.69 Å². The smallest absolute Gasteiger partial charge is 0.285 e. The summed E-state index contributed by atoms with van der Waals surface area (Å²) in [6, 6.07) is 10.1. The maximum absolute atomic E-state index is 11.5. The van der Waals surface area contributed by atoms with Gasteiger partial charge in [0.15, 0.2) is 0 Å². The highest BCUT2D eigenvalue weighted by Gasteiger charge is 2.11. The van der Waals surface area contributed by atoms with Gasteiger partial charge in [-0.3, -0.25) is 9.48 Å². The fourth-order valence-corrected chi connectivity index (χ4v) is 2.58. The molecule has 7 heteroatoms. The molecule has 0 unspecified atom stereocenters. The Morgan fingerprint density at radius 3 is 2.78 bits per heavy atom. The van der Waals surface area contributed by atoms with E-state index in [1.54, 1.807) is 0 Å². The molecule has 0 saturated carbocycles. The van der Waals surface area contributed by atoms with Crippen LogP contribution >= 0.6 is 11.6 Å². The van der Waals surface area contributed by atoms with E-state index >= 15 is 0 Å². The SMILES string of the molecule is CN(Cc1cnn(Cc2ccccc2)c1)c1cn[nH]c(=O)c1Cl. The van der Waals surface area contributed by atoms with Crippen LogP contribution in [0.2, 0.25) is 5.02 Å². The molecule has 0 atom stereocenters. The second-order valence-electron chi connectivity index (χ2n) is 5.29. The average Bonchev–Trinajstić information content (AvgIpc) is 2.98. The highest BCUT2D eigenvalue weighted by molar-refractivity contribution is 6.32. The highest BCUT2D eigenvalue weighted by Crippen LogP contribution is 2.20. The molecule has 3 rings (SSSR count). The maximum Gasteiger partial charge on any atom is 0.285 e. The number of aromatic nitrogens is 4. The van der Waals surface area contributed by atoms with E-state index in [-0.39, 0.29) is 5.02 Å². The highest BCUT2D eigenvalue weighted by atomic mass is 35.5. The molecule has 1 N–H and O–H groups in total. The first kappa shape index (κ1) is 15.3. The van der Waals surface area contributed by atoms with Crippen molar-refractivity contribution in [3.63, 3.8) is 0 Å². The van der Waals surface area contributed by atoms with Crippen molar-refractivity contribution < 1.29 is 0 Å². The molecule has 2 aromatic heterocycles. The molecule has 118 valence electrons. The van der Waals surface area contributed by atoms with Crippen LogP contribution < -0.4 is 10.5 Å². The monoisotopic (exact) mass is 329 g/mol. The lowest BCUT2D eigenvalue weighted by molar-refractivity contribution is 0.686. The summed E-state index contributed by atoms with van der Waals surface area (Å²) in [5.41, 5.74) is 2.42. The van der Waals surface area contributed by atoms with E-state index in [1.807, 2.05) is 47.2 Å². The minimum Gasteiger partial charge on any atom is -0.367 e. The quantitative estimate of drug-likeness (QED) is 0.780. The van der Waals surface area contributed by atoms with Crippen LogP contribution in [-0.4, -0.2) is 27.0 Å². The van der Waals surface area contributed by atoms with Crippen molar-refractivity contribution in [1.29, 1.82) is 0 Å². The molecular formula is C16H16ClN5O. The molecule has 0 aliphatic heterocycles.